The molecule has 104 valence electrons. The molecular formula is C11H24Cl2N2O2. The lowest BCUT2D eigenvalue weighted by molar-refractivity contribution is 0.00792. The Bertz CT molecular complexity index is 196. The van der Waals surface area contributed by atoms with Crippen LogP contribution in [0.1, 0.15) is 25.7 Å². The second kappa shape index (κ2) is 8.51. The smallest absolute Gasteiger partial charge is 0.0895 e. The van der Waals surface area contributed by atoms with Gasteiger partial charge in [0, 0.05) is 32.3 Å². The average Bonchev–Trinajstić information content (AvgIpc) is 2.29. The van der Waals surface area contributed by atoms with Gasteiger partial charge < -0.3 is 20.5 Å². The Morgan fingerprint density at radius 3 is 2.59 bits per heavy atom. The summed E-state index contributed by atoms with van der Waals surface area (Å²) in [6.07, 6.45) is 4.13. The number of β-amino-alcohol motifs (C(OH)–C–C–N with tert-alkyl or cyclic N) is 1. The van der Waals surface area contributed by atoms with E-state index in [1.807, 2.05) is 0 Å². The maximum Gasteiger partial charge on any atom is 0.0895 e. The molecule has 2 aliphatic heterocycles. The first-order chi connectivity index (χ1) is 7.29. The largest absolute Gasteiger partial charge is 0.387 e. The van der Waals surface area contributed by atoms with Gasteiger partial charge in [0.15, 0.2) is 0 Å². The molecule has 17 heavy (non-hydrogen) atoms. The van der Waals surface area contributed by atoms with Crippen molar-refractivity contribution in [1.29, 1.82) is 0 Å². The molecular weight excluding hydrogens is 263 g/mol. The highest BCUT2D eigenvalue weighted by molar-refractivity contribution is 5.85. The van der Waals surface area contributed by atoms with Crippen molar-refractivity contribution >= 4 is 24.8 Å². The zero-order valence-corrected chi connectivity index (χ0v) is 11.7. The SMILES string of the molecule is Cl.Cl.OC1(CNC2CCOCC2)CCCNC1. The maximum atomic E-state index is 10.2. The molecule has 2 fully saturated rings. The number of halogens is 2. The van der Waals surface area contributed by atoms with Crippen LogP contribution >= 0.6 is 24.8 Å². The topological polar surface area (TPSA) is 53.5 Å². The minimum atomic E-state index is -0.531. The normalized spacial score (nSPS) is 30.2. The predicted octanol–water partition coefficient (Wildman–Crippen LogP) is 0.713. The Balaban J connectivity index is 0.00000128. The number of ether oxygens (including phenoxy) is 1. The number of hydrogen-bond donors (Lipinski definition) is 3. The molecule has 1 unspecified atom stereocenters. The molecule has 6 heteroatoms. The monoisotopic (exact) mass is 286 g/mol. The van der Waals surface area contributed by atoms with Crippen molar-refractivity contribution < 1.29 is 9.84 Å². The van der Waals surface area contributed by atoms with E-state index in [1.165, 1.54) is 0 Å². The fraction of sp³-hybridized carbons (Fsp3) is 1.00. The molecule has 2 heterocycles. The summed E-state index contributed by atoms with van der Waals surface area (Å²) in [5.41, 5.74) is -0.531. The first-order valence-corrected chi connectivity index (χ1v) is 6.03. The van der Waals surface area contributed by atoms with Gasteiger partial charge in [0.25, 0.3) is 0 Å². The summed E-state index contributed by atoms with van der Waals surface area (Å²) in [5, 5.41) is 17.0. The van der Waals surface area contributed by atoms with Crippen LogP contribution in [0.4, 0.5) is 0 Å². The summed E-state index contributed by atoms with van der Waals surface area (Å²) in [6, 6.07) is 0.532. The highest BCUT2D eigenvalue weighted by Gasteiger charge is 2.29. The fourth-order valence-electron chi connectivity index (χ4n) is 2.34. The first-order valence-electron chi connectivity index (χ1n) is 6.03. The average molecular weight is 287 g/mol. The Labute approximate surface area is 116 Å². The molecule has 0 saturated carbocycles. The van der Waals surface area contributed by atoms with Crippen LogP contribution in [0, 0.1) is 0 Å². The van der Waals surface area contributed by atoms with Crippen LogP contribution in [-0.4, -0.2) is 49.6 Å². The number of piperidine rings is 1. The lowest BCUT2D eigenvalue weighted by Crippen LogP contribution is -2.54. The molecule has 0 aliphatic carbocycles. The molecule has 0 amide bonds. The first kappa shape index (κ1) is 17.4. The molecule has 2 saturated heterocycles. The van der Waals surface area contributed by atoms with Gasteiger partial charge >= 0.3 is 0 Å². The van der Waals surface area contributed by atoms with Crippen molar-refractivity contribution in [3.63, 3.8) is 0 Å². The third-order valence-corrected chi connectivity index (χ3v) is 3.39. The molecule has 4 nitrogen and oxygen atoms in total. The van der Waals surface area contributed by atoms with E-state index in [9.17, 15) is 5.11 Å². The Morgan fingerprint density at radius 1 is 1.29 bits per heavy atom. The van der Waals surface area contributed by atoms with Gasteiger partial charge in [0.1, 0.15) is 0 Å². The Morgan fingerprint density at radius 2 is 2.00 bits per heavy atom. The molecule has 0 aromatic rings. The summed E-state index contributed by atoms with van der Waals surface area (Å²) >= 11 is 0. The molecule has 0 radical (unpaired) electrons. The quantitative estimate of drug-likeness (QED) is 0.716. The van der Waals surface area contributed by atoms with Gasteiger partial charge in [0.2, 0.25) is 0 Å². The van der Waals surface area contributed by atoms with E-state index in [2.05, 4.69) is 10.6 Å². The molecule has 0 spiro atoms. The van der Waals surface area contributed by atoms with Crippen molar-refractivity contribution in [2.24, 2.45) is 0 Å². The van der Waals surface area contributed by atoms with Gasteiger partial charge in [-0.2, -0.15) is 0 Å². The van der Waals surface area contributed by atoms with Crippen LogP contribution < -0.4 is 10.6 Å². The fourth-order valence-corrected chi connectivity index (χ4v) is 2.34. The molecule has 0 aromatic carbocycles. The molecule has 0 aromatic heterocycles. The predicted molar refractivity (Wildman–Crippen MR) is 73.4 cm³/mol. The van der Waals surface area contributed by atoms with Crippen molar-refractivity contribution in [1.82, 2.24) is 10.6 Å². The minimum absolute atomic E-state index is 0. The second-order valence-corrected chi connectivity index (χ2v) is 4.77. The Hall–Kier alpha value is 0.420. The van der Waals surface area contributed by atoms with Crippen molar-refractivity contribution in [2.75, 3.05) is 32.8 Å². The zero-order chi connectivity index (χ0) is 10.6. The maximum absolute atomic E-state index is 10.2. The highest BCUT2D eigenvalue weighted by Crippen LogP contribution is 2.16. The second-order valence-electron chi connectivity index (χ2n) is 4.77. The van der Waals surface area contributed by atoms with Crippen molar-refractivity contribution in [2.45, 2.75) is 37.3 Å². The number of aliphatic hydroxyl groups is 1. The summed E-state index contributed by atoms with van der Waals surface area (Å²) in [6.45, 7) is 4.19. The lowest BCUT2D eigenvalue weighted by Gasteiger charge is -2.35. The summed E-state index contributed by atoms with van der Waals surface area (Å²) < 4.78 is 5.30. The molecule has 3 N–H and O–H groups in total. The molecule has 1 atom stereocenters. The van der Waals surface area contributed by atoms with Gasteiger partial charge in [0.05, 0.1) is 5.60 Å². The minimum Gasteiger partial charge on any atom is -0.387 e. The van der Waals surface area contributed by atoms with Crippen LogP contribution in [0.5, 0.6) is 0 Å². The summed E-state index contributed by atoms with van der Waals surface area (Å²) in [7, 11) is 0. The molecule has 0 bridgehead atoms. The third-order valence-electron chi connectivity index (χ3n) is 3.39. The third kappa shape index (κ3) is 5.73. The highest BCUT2D eigenvalue weighted by atomic mass is 35.5. The van der Waals surface area contributed by atoms with Crippen LogP contribution in [0.3, 0.4) is 0 Å². The molecule has 2 rings (SSSR count). The van der Waals surface area contributed by atoms with E-state index in [4.69, 9.17) is 4.74 Å². The summed E-state index contributed by atoms with van der Waals surface area (Å²) in [5.74, 6) is 0. The number of nitrogens with one attached hydrogen (secondary N) is 2. The Kier molecular flexibility index (Phi) is 8.72. The van der Waals surface area contributed by atoms with Gasteiger partial charge in [-0.05, 0) is 32.2 Å². The summed E-state index contributed by atoms with van der Waals surface area (Å²) in [4.78, 5) is 0. The van der Waals surface area contributed by atoms with E-state index in [1.54, 1.807) is 0 Å². The van der Waals surface area contributed by atoms with Crippen LogP contribution in [0.25, 0.3) is 0 Å². The van der Waals surface area contributed by atoms with E-state index in [-0.39, 0.29) is 24.8 Å². The standard InChI is InChI=1S/C11H22N2O2.2ClH/c14-11(4-1-5-12-8-11)9-13-10-2-6-15-7-3-10;;/h10,12-14H,1-9H2;2*1H. The zero-order valence-electron chi connectivity index (χ0n) is 10.1. The van der Waals surface area contributed by atoms with Gasteiger partial charge in [-0.1, -0.05) is 0 Å². The van der Waals surface area contributed by atoms with Crippen LogP contribution in [0.15, 0.2) is 0 Å². The van der Waals surface area contributed by atoms with Crippen molar-refractivity contribution in [3.05, 3.63) is 0 Å². The molecule has 2 aliphatic rings. The lowest BCUT2D eigenvalue weighted by atomic mass is 9.93. The van der Waals surface area contributed by atoms with E-state index in [0.717, 1.165) is 52.0 Å². The van der Waals surface area contributed by atoms with Gasteiger partial charge in [-0.15, -0.1) is 24.8 Å². The van der Waals surface area contributed by atoms with Gasteiger partial charge in [-0.3, -0.25) is 0 Å². The van der Waals surface area contributed by atoms with E-state index in [0.29, 0.717) is 12.6 Å². The number of hydrogen-bond acceptors (Lipinski definition) is 4. The van der Waals surface area contributed by atoms with Crippen molar-refractivity contribution in [3.8, 4) is 0 Å². The number of rotatable bonds is 3. The van der Waals surface area contributed by atoms with E-state index >= 15 is 0 Å². The van der Waals surface area contributed by atoms with Gasteiger partial charge in [-0.25, -0.2) is 0 Å². The van der Waals surface area contributed by atoms with E-state index < -0.39 is 5.60 Å². The van der Waals surface area contributed by atoms with Crippen LogP contribution in [0.2, 0.25) is 0 Å². The van der Waals surface area contributed by atoms with Crippen LogP contribution in [-0.2, 0) is 4.74 Å².